The zero-order valence-corrected chi connectivity index (χ0v) is 19.9. The lowest BCUT2D eigenvalue weighted by Crippen LogP contribution is -2.34. The summed E-state index contributed by atoms with van der Waals surface area (Å²) in [4.78, 5) is 38.1. The number of carbonyl (C=O) groups is 3. The third kappa shape index (κ3) is 5.86. The first-order chi connectivity index (χ1) is 18.0. The van der Waals surface area contributed by atoms with Crippen LogP contribution in [0.2, 0.25) is 0 Å². The summed E-state index contributed by atoms with van der Waals surface area (Å²) < 4.78 is 34.3. The van der Waals surface area contributed by atoms with Crippen molar-refractivity contribution in [3.8, 4) is 5.75 Å². The number of halogens is 1. The Hall–Kier alpha value is -4.05. The van der Waals surface area contributed by atoms with E-state index in [1.807, 2.05) is 0 Å². The van der Waals surface area contributed by atoms with E-state index in [4.69, 9.17) is 18.7 Å². The Morgan fingerprint density at radius 3 is 2.57 bits per heavy atom. The number of fused-ring (bicyclic) bond motifs is 1. The molecule has 0 amide bonds. The van der Waals surface area contributed by atoms with E-state index in [-0.39, 0.29) is 17.3 Å². The average molecular weight is 509 g/mol. The molecule has 1 aromatic heterocycles. The van der Waals surface area contributed by atoms with Gasteiger partial charge in [0.1, 0.15) is 11.6 Å². The number of Topliss-reactive ketones (excluding diaryl/α,β-unsaturated/α-hetero) is 1. The fourth-order valence-corrected chi connectivity index (χ4v) is 4.57. The van der Waals surface area contributed by atoms with Gasteiger partial charge in [0.05, 0.1) is 12.3 Å². The molecular formula is C27H25FN2O7. The molecule has 3 aromatic rings. The number of hydrogen-bond acceptors (Lipinski definition) is 9. The summed E-state index contributed by atoms with van der Waals surface area (Å²) in [7, 11) is 0. The normalized spacial score (nSPS) is 17.4. The lowest BCUT2D eigenvalue weighted by molar-refractivity contribution is -0.169. The van der Waals surface area contributed by atoms with Crippen molar-refractivity contribution >= 4 is 28.7 Å². The van der Waals surface area contributed by atoms with Gasteiger partial charge in [0.15, 0.2) is 5.58 Å². The molecule has 0 bridgehead atoms. The van der Waals surface area contributed by atoms with Gasteiger partial charge in [0, 0.05) is 41.6 Å². The minimum absolute atomic E-state index is 0.204. The summed E-state index contributed by atoms with van der Waals surface area (Å²) in [5.41, 5.74) is 1.58. The highest BCUT2D eigenvalue weighted by Crippen LogP contribution is 2.32. The highest BCUT2D eigenvalue weighted by atomic mass is 19.1. The van der Waals surface area contributed by atoms with E-state index in [1.165, 1.54) is 24.3 Å². The van der Waals surface area contributed by atoms with Crippen LogP contribution >= 0.6 is 0 Å². The Bertz CT molecular complexity index is 1320. The highest BCUT2D eigenvalue weighted by molar-refractivity contribution is 6.03. The van der Waals surface area contributed by atoms with Crippen molar-refractivity contribution in [2.24, 2.45) is 0 Å². The van der Waals surface area contributed by atoms with Gasteiger partial charge in [-0.3, -0.25) is 4.79 Å². The largest absolute Gasteiger partial charge is 0.494 e. The number of cyclic esters (lactones) is 2. The Balaban J connectivity index is 1.07. The van der Waals surface area contributed by atoms with E-state index in [1.54, 1.807) is 18.2 Å². The second-order valence-electron chi connectivity index (χ2n) is 8.96. The predicted molar refractivity (Wildman–Crippen MR) is 128 cm³/mol. The number of ether oxygens (including phenoxy) is 3. The number of benzene rings is 2. The summed E-state index contributed by atoms with van der Waals surface area (Å²) in [6.07, 6.45) is 2.86. The molecule has 192 valence electrons. The maximum Gasteiger partial charge on any atom is 0.334 e. The Morgan fingerprint density at radius 2 is 1.81 bits per heavy atom. The molecule has 3 heterocycles. The third-order valence-corrected chi connectivity index (χ3v) is 6.46. The minimum atomic E-state index is -1.63. The SMILES string of the molecule is O=C1C=CC(=O)OC(C(=O)c2cccc(OCCCN3CCC(c4noc5cc(F)ccc45)CC3)c2)O1. The molecule has 1 fully saturated rings. The summed E-state index contributed by atoms with van der Waals surface area (Å²) >= 11 is 0. The van der Waals surface area contributed by atoms with Crippen molar-refractivity contribution in [1.29, 1.82) is 0 Å². The molecule has 10 heteroatoms. The van der Waals surface area contributed by atoms with Gasteiger partial charge in [-0.15, -0.1) is 0 Å². The molecule has 1 saturated heterocycles. The van der Waals surface area contributed by atoms with Crippen molar-refractivity contribution < 1.29 is 37.5 Å². The molecule has 2 aliphatic heterocycles. The monoisotopic (exact) mass is 508 g/mol. The van der Waals surface area contributed by atoms with Crippen LogP contribution < -0.4 is 4.74 Å². The zero-order chi connectivity index (χ0) is 25.8. The van der Waals surface area contributed by atoms with Gasteiger partial charge in [-0.2, -0.15) is 0 Å². The predicted octanol–water partition coefficient (Wildman–Crippen LogP) is 3.78. The van der Waals surface area contributed by atoms with E-state index < -0.39 is 24.0 Å². The van der Waals surface area contributed by atoms with Crippen LogP contribution in [0.5, 0.6) is 5.75 Å². The van der Waals surface area contributed by atoms with Crippen LogP contribution in [0.4, 0.5) is 4.39 Å². The van der Waals surface area contributed by atoms with E-state index in [9.17, 15) is 18.8 Å². The first kappa shape index (κ1) is 24.6. The Morgan fingerprint density at radius 1 is 1.05 bits per heavy atom. The second-order valence-corrected chi connectivity index (χ2v) is 8.96. The molecule has 0 radical (unpaired) electrons. The van der Waals surface area contributed by atoms with Gasteiger partial charge in [0.25, 0.3) is 0 Å². The Kier molecular flexibility index (Phi) is 7.27. The zero-order valence-electron chi connectivity index (χ0n) is 19.9. The fourth-order valence-electron chi connectivity index (χ4n) is 4.57. The second kappa shape index (κ2) is 10.9. The van der Waals surface area contributed by atoms with Crippen molar-refractivity contribution in [1.82, 2.24) is 10.1 Å². The molecular weight excluding hydrogens is 483 g/mol. The van der Waals surface area contributed by atoms with Gasteiger partial charge in [-0.05, 0) is 56.6 Å². The van der Waals surface area contributed by atoms with Gasteiger partial charge >= 0.3 is 18.2 Å². The first-order valence-electron chi connectivity index (χ1n) is 12.1. The highest BCUT2D eigenvalue weighted by Gasteiger charge is 2.29. The molecule has 9 nitrogen and oxygen atoms in total. The van der Waals surface area contributed by atoms with Crippen LogP contribution in [0.15, 0.2) is 59.1 Å². The van der Waals surface area contributed by atoms with E-state index >= 15 is 0 Å². The van der Waals surface area contributed by atoms with Gasteiger partial charge < -0.3 is 23.6 Å². The van der Waals surface area contributed by atoms with Crippen LogP contribution in [-0.4, -0.2) is 60.3 Å². The van der Waals surface area contributed by atoms with Gasteiger partial charge in [0.2, 0.25) is 5.78 Å². The van der Waals surface area contributed by atoms with Crippen molar-refractivity contribution in [3.05, 3.63) is 71.7 Å². The number of aromatic nitrogens is 1. The van der Waals surface area contributed by atoms with Crippen LogP contribution in [0.3, 0.4) is 0 Å². The number of rotatable bonds is 8. The van der Waals surface area contributed by atoms with Crippen LogP contribution in [0.25, 0.3) is 11.0 Å². The molecule has 2 aromatic carbocycles. The maximum absolute atomic E-state index is 13.4. The van der Waals surface area contributed by atoms with Crippen molar-refractivity contribution in [2.45, 2.75) is 31.5 Å². The minimum Gasteiger partial charge on any atom is -0.494 e. The van der Waals surface area contributed by atoms with Gasteiger partial charge in [-0.25, -0.2) is 14.0 Å². The molecule has 0 spiro atoms. The lowest BCUT2D eigenvalue weighted by atomic mass is 9.91. The number of esters is 2. The number of piperidine rings is 1. The molecule has 0 aliphatic carbocycles. The van der Waals surface area contributed by atoms with E-state index in [0.29, 0.717) is 17.9 Å². The van der Waals surface area contributed by atoms with E-state index in [0.717, 1.165) is 62.1 Å². The third-order valence-electron chi connectivity index (χ3n) is 6.46. The lowest BCUT2D eigenvalue weighted by Gasteiger charge is -2.31. The molecule has 0 saturated carbocycles. The molecule has 0 unspecified atom stereocenters. The molecule has 0 atom stereocenters. The number of carbonyl (C=O) groups excluding carboxylic acids is 3. The molecule has 37 heavy (non-hydrogen) atoms. The summed E-state index contributed by atoms with van der Waals surface area (Å²) in [5.74, 6) is -1.87. The van der Waals surface area contributed by atoms with Crippen LogP contribution in [0, 0.1) is 5.82 Å². The number of ketones is 1. The smallest absolute Gasteiger partial charge is 0.334 e. The average Bonchev–Trinajstić information content (AvgIpc) is 3.24. The quantitative estimate of drug-likeness (QED) is 0.255. The van der Waals surface area contributed by atoms with Crippen LogP contribution in [-0.2, 0) is 19.1 Å². The first-order valence-corrected chi connectivity index (χ1v) is 12.1. The molecule has 2 aliphatic rings. The summed E-state index contributed by atoms with van der Waals surface area (Å²) in [6, 6.07) is 11.0. The van der Waals surface area contributed by atoms with Gasteiger partial charge in [-0.1, -0.05) is 17.3 Å². The maximum atomic E-state index is 13.4. The molecule has 5 rings (SSSR count). The van der Waals surface area contributed by atoms with Crippen LogP contribution in [0.1, 0.15) is 41.2 Å². The van der Waals surface area contributed by atoms with Crippen molar-refractivity contribution in [3.63, 3.8) is 0 Å². The number of nitrogens with zero attached hydrogens (tertiary/aromatic N) is 2. The number of hydrogen-bond donors (Lipinski definition) is 0. The summed E-state index contributed by atoms with van der Waals surface area (Å²) in [5, 5.41) is 5.08. The topological polar surface area (TPSA) is 108 Å². The fraction of sp³-hybridized carbons (Fsp3) is 0.333. The van der Waals surface area contributed by atoms with Crippen molar-refractivity contribution in [2.75, 3.05) is 26.2 Å². The number of likely N-dealkylation sites (tertiary alicyclic amines) is 1. The summed E-state index contributed by atoms with van der Waals surface area (Å²) in [6.45, 7) is 3.14. The molecule has 0 N–H and O–H groups in total. The Labute approximate surface area is 211 Å². The standard InChI is InChI=1S/C27H25FN2O7/c28-19-5-6-21-22(16-19)37-29-25(21)17-9-12-30(13-10-17)11-2-14-34-20-4-1-3-18(15-20)26(33)27-35-23(31)7-8-24(32)36-27/h1,3-8,15-17,27H,2,9-14H2. The van der Waals surface area contributed by atoms with E-state index in [2.05, 4.69) is 10.1 Å².